The third kappa shape index (κ3) is 2.15. The van der Waals surface area contributed by atoms with Crippen molar-refractivity contribution in [2.24, 2.45) is 0 Å². The summed E-state index contributed by atoms with van der Waals surface area (Å²) < 4.78 is 5.34. The quantitative estimate of drug-likeness (QED) is 0.767. The highest BCUT2D eigenvalue weighted by atomic mass is 16.5. The maximum Gasteiger partial charge on any atom is 0.244 e. The maximum atomic E-state index is 12.4. The van der Waals surface area contributed by atoms with E-state index < -0.39 is 0 Å². The summed E-state index contributed by atoms with van der Waals surface area (Å²) in [5, 5.41) is 3.51. The molecule has 5 heteroatoms. The van der Waals surface area contributed by atoms with Gasteiger partial charge >= 0.3 is 0 Å². The molecule has 1 amide bonds. The summed E-state index contributed by atoms with van der Waals surface area (Å²) in [7, 11) is 0. The fourth-order valence-corrected chi connectivity index (χ4v) is 3.01. The Balaban J connectivity index is 1.55. The highest BCUT2D eigenvalue weighted by Gasteiger charge is 2.58. The molecule has 1 spiro atoms. The first-order valence-electron chi connectivity index (χ1n) is 7.14. The summed E-state index contributed by atoms with van der Waals surface area (Å²) >= 11 is 0. The van der Waals surface area contributed by atoms with Gasteiger partial charge in [0.05, 0.1) is 24.9 Å². The Labute approximate surface area is 108 Å². The van der Waals surface area contributed by atoms with Gasteiger partial charge in [0.25, 0.3) is 0 Å². The number of nitrogens with one attached hydrogen (secondary N) is 1. The van der Waals surface area contributed by atoms with Crippen LogP contribution in [0.15, 0.2) is 0 Å². The highest BCUT2D eigenvalue weighted by Crippen LogP contribution is 2.42. The van der Waals surface area contributed by atoms with Gasteiger partial charge < -0.3 is 9.64 Å². The van der Waals surface area contributed by atoms with E-state index in [0.29, 0.717) is 5.91 Å². The van der Waals surface area contributed by atoms with Crippen molar-refractivity contribution in [2.45, 2.75) is 37.9 Å². The first-order valence-corrected chi connectivity index (χ1v) is 7.14. The maximum absolute atomic E-state index is 12.4. The molecule has 2 saturated heterocycles. The fourth-order valence-electron chi connectivity index (χ4n) is 3.01. The van der Waals surface area contributed by atoms with Crippen molar-refractivity contribution in [3.63, 3.8) is 0 Å². The van der Waals surface area contributed by atoms with E-state index in [0.717, 1.165) is 58.7 Å². The Bertz CT molecular complexity index is 324. The summed E-state index contributed by atoms with van der Waals surface area (Å²) in [6.07, 6.45) is 3.30. The molecule has 0 aromatic carbocycles. The molecule has 0 radical (unpaired) electrons. The predicted octanol–water partition coefficient (Wildman–Crippen LogP) is 0.0191. The van der Waals surface area contributed by atoms with Crippen LogP contribution in [0.25, 0.3) is 0 Å². The van der Waals surface area contributed by atoms with E-state index in [2.05, 4.69) is 22.0 Å². The number of carbonyl (C=O) groups excluding carboxylic acids is 1. The number of morpholine rings is 1. The fraction of sp³-hybridized carbons (Fsp3) is 0.923. The summed E-state index contributed by atoms with van der Waals surface area (Å²) in [4.78, 5) is 16.8. The van der Waals surface area contributed by atoms with E-state index in [1.165, 1.54) is 0 Å². The Kier molecular flexibility index (Phi) is 3.30. The van der Waals surface area contributed by atoms with E-state index in [1.807, 2.05) is 0 Å². The van der Waals surface area contributed by atoms with Crippen LogP contribution in [0.3, 0.4) is 0 Å². The van der Waals surface area contributed by atoms with E-state index in [9.17, 15) is 4.79 Å². The van der Waals surface area contributed by atoms with Gasteiger partial charge in [-0.3, -0.25) is 15.0 Å². The molecule has 18 heavy (non-hydrogen) atoms. The third-order valence-electron chi connectivity index (χ3n) is 4.39. The van der Waals surface area contributed by atoms with Crippen molar-refractivity contribution in [1.29, 1.82) is 0 Å². The van der Waals surface area contributed by atoms with Crippen molar-refractivity contribution >= 4 is 5.91 Å². The predicted molar refractivity (Wildman–Crippen MR) is 68.2 cm³/mol. The molecule has 102 valence electrons. The van der Waals surface area contributed by atoms with Crippen LogP contribution in [0.4, 0.5) is 0 Å². The second kappa shape index (κ2) is 4.79. The van der Waals surface area contributed by atoms with Crippen molar-refractivity contribution in [3.8, 4) is 0 Å². The lowest BCUT2D eigenvalue weighted by molar-refractivity contribution is -0.131. The lowest BCUT2D eigenvalue weighted by Crippen LogP contribution is -2.45. The smallest absolute Gasteiger partial charge is 0.244 e. The largest absolute Gasteiger partial charge is 0.379 e. The van der Waals surface area contributed by atoms with Crippen molar-refractivity contribution in [2.75, 3.05) is 39.4 Å². The minimum atomic E-state index is -0.161. The van der Waals surface area contributed by atoms with Gasteiger partial charge in [0.2, 0.25) is 5.91 Å². The monoisotopic (exact) mass is 253 g/mol. The summed E-state index contributed by atoms with van der Waals surface area (Å²) in [5.74, 6) is 0.336. The van der Waals surface area contributed by atoms with Crippen LogP contribution >= 0.6 is 0 Å². The highest BCUT2D eigenvalue weighted by molar-refractivity contribution is 5.91. The van der Waals surface area contributed by atoms with Crippen LogP contribution in [0.1, 0.15) is 26.2 Å². The minimum absolute atomic E-state index is 0.161. The molecule has 1 unspecified atom stereocenters. The molecule has 3 aliphatic rings. The van der Waals surface area contributed by atoms with Gasteiger partial charge in [0.15, 0.2) is 0 Å². The van der Waals surface area contributed by atoms with Gasteiger partial charge in [-0.15, -0.1) is 0 Å². The molecule has 1 aliphatic carbocycles. The van der Waals surface area contributed by atoms with Crippen LogP contribution in [-0.4, -0.2) is 66.8 Å². The number of nitrogens with zero attached hydrogens (tertiary/aromatic N) is 2. The first-order chi connectivity index (χ1) is 8.75. The summed E-state index contributed by atoms with van der Waals surface area (Å²) in [6.45, 7) is 7.62. The van der Waals surface area contributed by atoms with Gasteiger partial charge in [0, 0.05) is 26.2 Å². The number of rotatable bonds is 4. The molecule has 3 rings (SSSR count). The van der Waals surface area contributed by atoms with Crippen LogP contribution < -0.4 is 5.32 Å². The Morgan fingerprint density at radius 3 is 2.67 bits per heavy atom. The number of ether oxygens (including phenoxy) is 1. The van der Waals surface area contributed by atoms with Crippen LogP contribution in [0.2, 0.25) is 0 Å². The Morgan fingerprint density at radius 2 is 2.06 bits per heavy atom. The lowest BCUT2D eigenvalue weighted by Gasteiger charge is -2.30. The normalized spacial score (nSPS) is 31.3. The van der Waals surface area contributed by atoms with E-state index in [-0.39, 0.29) is 11.7 Å². The van der Waals surface area contributed by atoms with Crippen LogP contribution in [0, 0.1) is 0 Å². The molecule has 5 nitrogen and oxygen atoms in total. The van der Waals surface area contributed by atoms with Gasteiger partial charge in [-0.25, -0.2) is 0 Å². The molecule has 3 fully saturated rings. The van der Waals surface area contributed by atoms with Gasteiger partial charge in [-0.2, -0.15) is 0 Å². The van der Waals surface area contributed by atoms with E-state index in [1.54, 1.807) is 0 Å². The zero-order valence-corrected chi connectivity index (χ0v) is 11.2. The van der Waals surface area contributed by atoms with Gasteiger partial charge in [0.1, 0.15) is 0 Å². The topological polar surface area (TPSA) is 44.8 Å². The van der Waals surface area contributed by atoms with Crippen molar-refractivity contribution in [1.82, 2.24) is 15.1 Å². The first kappa shape index (κ1) is 12.4. The second-order valence-corrected chi connectivity index (χ2v) is 5.60. The van der Waals surface area contributed by atoms with Gasteiger partial charge in [-0.1, -0.05) is 6.92 Å². The molecule has 0 bridgehead atoms. The zero-order valence-electron chi connectivity index (χ0n) is 11.2. The standard InChI is InChI=1S/C13H23N3O2/c1-2-11-14-13(3-4-13)12(17)16(11)6-5-15-7-9-18-10-8-15/h11,14H,2-10H2,1H3. The minimum Gasteiger partial charge on any atom is -0.379 e. The number of carbonyl (C=O) groups is 1. The SMILES string of the molecule is CCC1NC2(CC2)C(=O)N1CCN1CCOCC1. The summed E-state index contributed by atoms with van der Waals surface area (Å²) in [5.41, 5.74) is -0.161. The van der Waals surface area contributed by atoms with Crippen LogP contribution in [-0.2, 0) is 9.53 Å². The molecular weight excluding hydrogens is 230 g/mol. The number of hydrogen-bond acceptors (Lipinski definition) is 4. The molecule has 2 aliphatic heterocycles. The molecule has 0 aromatic rings. The molecule has 1 N–H and O–H groups in total. The van der Waals surface area contributed by atoms with Crippen molar-refractivity contribution in [3.05, 3.63) is 0 Å². The zero-order chi connectivity index (χ0) is 12.6. The van der Waals surface area contributed by atoms with Gasteiger partial charge in [-0.05, 0) is 19.3 Å². The van der Waals surface area contributed by atoms with E-state index in [4.69, 9.17) is 4.74 Å². The summed E-state index contributed by atoms with van der Waals surface area (Å²) in [6, 6.07) is 0. The van der Waals surface area contributed by atoms with Crippen LogP contribution in [0.5, 0.6) is 0 Å². The second-order valence-electron chi connectivity index (χ2n) is 5.60. The lowest BCUT2D eigenvalue weighted by atomic mass is 10.3. The average molecular weight is 253 g/mol. The molecule has 1 saturated carbocycles. The molecule has 2 heterocycles. The number of amides is 1. The molecular formula is C13H23N3O2. The number of hydrogen-bond donors (Lipinski definition) is 1. The third-order valence-corrected chi connectivity index (χ3v) is 4.39. The van der Waals surface area contributed by atoms with E-state index >= 15 is 0 Å². The average Bonchev–Trinajstić information content (AvgIpc) is 3.13. The Hall–Kier alpha value is -0.650. The molecule has 1 atom stereocenters. The Morgan fingerprint density at radius 1 is 1.33 bits per heavy atom. The van der Waals surface area contributed by atoms with Crippen molar-refractivity contribution < 1.29 is 9.53 Å². The molecule has 0 aromatic heterocycles.